The van der Waals surface area contributed by atoms with E-state index in [1.165, 1.54) is 6.07 Å². The van der Waals surface area contributed by atoms with Gasteiger partial charge in [-0.2, -0.15) is 5.10 Å². The second-order valence-corrected chi connectivity index (χ2v) is 6.54. The van der Waals surface area contributed by atoms with Gasteiger partial charge >= 0.3 is 5.63 Å². The number of para-hydroxylation sites is 1. The molecule has 1 aliphatic heterocycles. The average molecular weight is 334 g/mol. The molecule has 0 atom stereocenters. The first kappa shape index (κ1) is 15.4. The third-order valence-corrected chi connectivity index (χ3v) is 4.35. The summed E-state index contributed by atoms with van der Waals surface area (Å²) in [7, 11) is 0. The fourth-order valence-electron chi connectivity index (χ4n) is 2.97. The van der Waals surface area contributed by atoms with Gasteiger partial charge in [0.15, 0.2) is 0 Å². The summed E-state index contributed by atoms with van der Waals surface area (Å²) in [5, 5.41) is 5.43. The molecule has 25 heavy (non-hydrogen) atoms. The fourth-order valence-corrected chi connectivity index (χ4v) is 2.97. The largest absolute Gasteiger partial charge is 0.481 e. The van der Waals surface area contributed by atoms with Gasteiger partial charge in [-0.25, -0.2) is 4.79 Å². The molecule has 5 heteroatoms. The van der Waals surface area contributed by atoms with Gasteiger partial charge < -0.3 is 9.15 Å². The Labute approximate surface area is 144 Å². The van der Waals surface area contributed by atoms with E-state index in [-0.39, 0.29) is 5.63 Å². The summed E-state index contributed by atoms with van der Waals surface area (Å²) in [6.07, 6.45) is 0.548. The molecule has 1 aromatic heterocycles. The van der Waals surface area contributed by atoms with E-state index in [4.69, 9.17) is 9.15 Å². The van der Waals surface area contributed by atoms with Crippen molar-refractivity contribution in [3.8, 4) is 5.75 Å². The first-order valence-electron chi connectivity index (χ1n) is 8.16. The number of hydrazone groups is 1. The van der Waals surface area contributed by atoms with Crippen LogP contribution in [0.4, 0.5) is 5.69 Å². The molecule has 0 spiro atoms. The van der Waals surface area contributed by atoms with Gasteiger partial charge in [-0.1, -0.05) is 18.2 Å². The fraction of sp³-hybridized carbons (Fsp3) is 0.200. The Morgan fingerprint density at radius 1 is 1.04 bits per heavy atom. The molecule has 2 aromatic carbocycles. The zero-order valence-corrected chi connectivity index (χ0v) is 14.1. The third kappa shape index (κ3) is 2.89. The summed E-state index contributed by atoms with van der Waals surface area (Å²) >= 11 is 0. The molecule has 0 saturated heterocycles. The lowest BCUT2D eigenvalue weighted by molar-refractivity contribution is 0.171. The highest BCUT2D eigenvalue weighted by Gasteiger charge is 2.35. The molecular weight excluding hydrogens is 316 g/mol. The third-order valence-electron chi connectivity index (χ3n) is 4.35. The van der Waals surface area contributed by atoms with Crippen molar-refractivity contribution in [3.05, 3.63) is 70.6 Å². The maximum Gasteiger partial charge on any atom is 0.336 e. The van der Waals surface area contributed by atoms with Crippen molar-refractivity contribution < 1.29 is 9.15 Å². The molecule has 126 valence electrons. The summed E-state index contributed by atoms with van der Waals surface area (Å²) < 4.78 is 11.6. The topological polar surface area (TPSA) is 63.8 Å². The monoisotopic (exact) mass is 334 g/mol. The Kier molecular flexibility index (Phi) is 3.57. The minimum Gasteiger partial charge on any atom is -0.481 e. The first-order valence-corrected chi connectivity index (χ1v) is 8.16. The Morgan fingerprint density at radius 2 is 1.80 bits per heavy atom. The maximum atomic E-state index is 11.6. The zero-order valence-electron chi connectivity index (χ0n) is 14.1. The first-order chi connectivity index (χ1) is 12.0. The van der Waals surface area contributed by atoms with Gasteiger partial charge in [0, 0.05) is 23.4 Å². The van der Waals surface area contributed by atoms with Crippen LogP contribution in [0.15, 0.2) is 68.9 Å². The van der Waals surface area contributed by atoms with Crippen molar-refractivity contribution in [3.63, 3.8) is 0 Å². The van der Waals surface area contributed by atoms with Crippen molar-refractivity contribution >= 4 is 22.4 Å². The predicted octanol–water partition coefficient (Wildman–Crippen LogP) is 3.97. The van der Waals surface area contributed by atoms with Crippen LogP contribution in [0.5, 0.6) is 5.75 Å². The van der Waals surface area contributed by atoms with Crippen LogP contribution >= 0.6 is 0 Å². The normalized spacial score (nSPS) is 17.1. The van der Waals surface area contributed by atoms with Gasteiger partial charge in [-0.05, 0) is 44.2 Å². The molecule has 0 amide bonds. The van der Waals surface area contributed by atoms with Crippen LogP contribution in [0, 0.1) is 0 Å². The lowest BCUT2D eigenvalue weighted by Crippen LogP contribution is -2.43. The zero-order chi connectivity index (χ0) is 17.4. The highest BCUT2D eigenvalue weighted by Crippen LogP contribution is 2.36. The van der Waals surface area contributed by atoms with Crippen molar-refractivity contribution in [1.29, 1.82) is 0 Å². The van der Waals surface area contributed by atoms with Crippen LogP contribution in [0.3, 0.4) is 0 Å². The standard InChI is InChI=1S/C20H18N2O3/c1-20(2)17(22-21-14-6-4-3-5-7-14)12-15-16(25-20)10-8-13-9-11-18(23)24-19(13)15/h3-11,21H,12H2,1-2H3. The van der Waals surface area contributed by atoms with Gasteiger partial charge in [0.25, 0.3) is 0 Å². The van der Waals surface area contributed by atoms with Crippen molar-refractivity contribution in [2.45, 2.75) is 25.9 Å². The number of benzene rings is 2. The van der Waals surface area contributed by atoms with Gasteiger partial charge in [0.1, 0.15) is 16.9 Å². The molecule has 0 fully saturated rings. The molecular formula is C20H18N2O3. The molecule has 0 radical (unpaired) electrons. The van der Waals surface area contributed by atoms with Crippen LogP contribution in [0.25, 0.3) is 11.0 Å². The highest BCUT2D eigenvalue weighted by molar-refractivity contribution is 5.99. The summed E-state index contributed by atoms with van der Waals surface area (Å²) in [5.41, 5.74) is 5.30. The summed E-state index contributed by atoms with van der Waals surface area (Å²) in [5.74, 6) is 0.727. The minimum absolute atomic E-state index is 0.369. The number of nitrogens with one attached hydrogen (secondary N) is 1. The van der Waals surface area contributed by atoms with E-state index in [9.17, 15) is 4.79 Å². The number of hydrogen-bond acceptors (Lipinski definition) is 5. The van der Waals surface area contributed by atoms with E-state index in [1.807, 2.05) is 56.3 Å². The lowest BCUT2D eigenvalue weighted by Gasteiger charge is -2.34. The lowest BCUT2D eigenvalue weighted by atomic mass is 9.91. The smallest absolute Gasteiger partial charge is 0.336 e. The molecule has 4 rings (SSSR count). The molecule has 0 aliphatic carbocycles. The minimum atomic E-state index is -0.558. The molecule has 2 heterocycles. The quantitative estimate of drug-likeness (QED) is 0.569. The summed E-state index contributed by atoms with van der Waals surface area (Å²) in [4.78, 5) is 11.6. The summed E-state index contributed by atoms with van der Waals surface area (Å²) in [6.45, 7) is 3.96. The van der Waals surface area contributed by atoms with Gasteiger partial charge in [-0.3, -0.25) is 5.43 Å². The number of fused-ring (bicyclic) bond motifs is 3. The van der Waals surface area contributed by atoms with E-state index in [1.54, 1.807) is 6.07 Å². The molecule has 1 N–H and O–H groups in total. The van der Waals surface area contributed by atoms with Crippen LogP contribution in [-0.2, 0) is 6.42 Å². The molecule has 0 unspecified atom stereocenters. The SMILES string of the molecule is CC1(C)Oc2ccc3ccc(=O)oc3c2CC1=NNc1ccccc1. The second kappa shape index (κ2) is 5.77. The number of nitrogens with zero attached hydrogens (tertiary/aromatic N) is 1. The Hall–Kier alpha value is -3.08. The van der Waals surface area contributed by atoms with Crippen LogP contribution < -0.4 is 15.8 Å². The van der Waals surface area contributed by atoms with Gasteiger partial charge in [-0.15, -0.1) is 0 Å². The second-order valence-electron chi connectivity index (χ2n) is 6.54. The number of rotatable bonds is 2. The van der Waals surface area contributed by atoms with E-state index in [2.05, 4.69) is 10.5 Å². The maximum absolute atomic E-state index is 11.6. The van der Waals surface area contributed by atoms with Crippen LogP contribution in [0.2, 0.25) is 0 Å². The molecule has 5 nitrogen and oxygen atoms in total. The van der Waals surface area contributed by atoms with Crippen LogP contribution in [-0.4, -0.2) is 11.3 Å². The molecule has 0 saturated carbocycles. The Morgan fingerprint density at radius 3 is 2.60 bits per heavy atom. The number of anilines is 1. The van der Waals surface area contributed by atoms with E-state index >= 15 is 0 Å². The van der Waals surface area contributed by atoms with Crippen molar-refractivity contribution in [2.24, 2.45) is 5.10 Å². The summed E-state index contributed by atoms with van der Waals surface area (Å²) in [6, 6.07) is 16.8. The van der Waals surface area contributed by atoms with E-state index in [0.29, 0.717) is 12.0 Å². The van der Waals surface area contributed by atoms with E-state index in [0.717, 1.165) is 28.1 Å². The molecule has 3 aromatic rings. The van der Waals surface area contributed by atoms with Crippen molar-refractivity contribution in [2.75, 3.05) is 5.43 Å². The van der Waals surface area contributed by atoms with Crippen molar-refractivity contribution in [1.82, 2.24) is 0 Å². The van der Waals surface area contributed by atoms with Crippen LogP contribution in [0.1, 0.15) is 19.4 Å². The van der Waals surface area contributed by atoms with E-state index < -0.39 is 5.60 Å². The average Bonchev–Trinajstić information content (AvgIpc) is 2.60. The Balaban J connectivity index is 1.77. The number of ether oxygens (including phenoxy) is 1. The molecule has 0 bridgehead atoms. The van der Waals surface area contributed by atoms with Gasteiger partial charge in [0.05, 0.1) is 11.4 Å². The number of hydrogen-bond donors (Lipinski definition) is 1. The Bertz CT molecular complexity index is 1020. The predicted molar refractivity (Wildman–Crippen MR) is 98.4 cm³/mol. The molecule has 1 aliphatic rings. The highest BCUT2D eigenvalue weighted by atomic mass is 16.5. The van der Waals surface area contributed by atoms with Gasteiger partial charge in [0.2, 0.25) is 0 Å².